The Balaban J connectivity index is 1.74. The molecule has 0 unspecified atom stereocenters. The molecule has 2 aliphatic rings. The molecule has 5 rings (SSSR count). The van der Waals surface area contributed by atoms with Crippen molar-refractivity contribution in [3.05, 3.63) is 56.2 Å². The van der Waals surface area contributed by atoms with Gasteiger partial charge in [0.25, 0.3) is 5.56 Å². The van der Waals surface area contributed by atoms with Gasteiger partial charge in [-0.2, -0.15) is 4.36 Å². The van der Waals surface area contributed by atoms with Gasteiger partial charge in [-0.25, -0.2) is 13.6 Å². The average Bonchev–Trinajstić information content (AvgIpc) is 3.71. The maximum atomic E-state index is 14.4. The maximum Gasteiger partial charge on any atom is 0.333 e. The number of carbonyl (C=O) groups excluding carboxylic acids is 1. The second kappa shape index (κ2) is 12.2. The van der Waals surface area contributed by atoms with Crippen LogP contribution in [-0.4, -0.2) is 64.2 Å². The van der Waals surface area contributed by atoms with Crippen LogP contribution in [0.25, 0.3) is 10.2 Å². The number of aryl methyl sites for hydroxylation is 1. The van der Waals surface area contributed by atoms with E-state index in [-0.39, 0.29) is 24.1 Å². The van der Waals surface area contributed by atoms with Gasteiger partial charge in [0.05, 0.1) is 25.1 Å². The molecule has 1 amide bonds. The SMILES string of the molecule is COc1ccccc1[C@H](Cn1c(=O)n(C(C)(C)C(=O)NC2CC2)c(=O)c2c(C)c(N=S(C)(C)=O)sc21)OC1CCOCC1. The third kappa shape index (κ3) is 6.59. The molecule has 1 aromatic carbocycles. The van der Waals surface area contributed by atoms with Crippen LogP contribution in [0, 0.1) is 6.92 Å². The van der Waals surface area contributed by atoms with Crippen molar-refractivity contribution in [1.29, 1.82) is 0 Å². The summed E-state index contributed by atoms with van der Waals surface area (Å²) in [6.45, 7) is 6.09. The third-order valence-corrected chi connectivity index (χ3v) is 9.82. The number of nitrogens with zero attached hydrogens (tertiary/aromatic N) is 3. The molecule has 0 radical (unpaired) electrons. The fraction of sp³-hybridized carbons (Fsp3) is 0.567. The van der Waals surface area contributed by atoms with Crippen LogP contribution in [0.3, 0.4) is 0 Å². The lowest BCUT2D eigenvalue weighted by molar-refractivity contribution is -0.128. The van der Waals surface area contributed by atoms with Crippen molar-refractivity contribution < 1.29 is 23.2 Å². The number of thiophene rings is 1. The Bertz CT molecular complexity index is 1760. The summed E-state index contributed by atoms with van der Waals surface area (Å²) in [6, 6.07) is 7.53. The second-order valence-electron chi connectivity index (χ2n) is 12.0. The number of ether oxygens (including phenoxy) is 3. The molecule has 43 heavy (non-hydrogen) atoms. The van der Waals surface area contributed by atoms with Gasteiger partial charge in [-0.1, -0.05) is 29.5 Å². The second-order valence-corrected chi connectivity index (χ2v) is 15.5. The predicted octanol–water partition coefficient (Wildman–Crippen LogP) is 3.85. The Kier molecular flexibility index (Phi) is 8.90. The fourth-order valence-corrected chi connectivity index (χ4v) is 7.59. The zero-order chi connectivity index (χ0) is 31.1. The molecule has 234 valence electrons. The number of methoxy groups -OCH3 is 1. The first-order valence-corrected chi connectivity index (χ1v) is 17.6. The minimum Gasteiger partial charge on any atom is -0.496 e. The lowest BCUT2D eigenvalue weighted by Gasteiger charge is -2.30. The van der Waals surface area contributed by atoms with E-state index in [1.54, 1.807) is 27.9 Å². The highest BCUT2D eigenvalue weighted by Crippen LogP contribution is 2.38. The minimum atomic E-state index is -2.56. The number of para-hydroxylation sites is 1. The summed E-state index contributed by atoms with van der Waals surface area (Å²) >= 11 is 1.14. The van der Waals surface area contributed by atoms with Crippen molar-refractivity contribution in [2.24, 2.45) is 4.36 Å². The number of hydrogen-bond acceptors (Lipinski definition) is 9. The first-order chi connectivity index (χ1) is 20.3. The molecular formula is C30H40N4O7S2. The van der Waals surface area contributed by atoms with Gasteiger partial charge in [-0.3, -0.25) is 14.2 Å². The molecule has 0 spiro atoms. The van der Waals surface area contributed by atoms with Gasteiger partial charge in [-0.05, 0) is 52.5 Å². The summed E-state index contributed by atoms with van der Waals surface area (Å²) in [5.74, 6) is 0.207. The highest BCUT2D eigenvalue weighted by Gasteiger charge is 2.38. The van der Waals surface area contributed by atoms with Crippen molar-refractivity contribution in [2.75, 3.05) is 32.8 Å². The Morgan fingerprint density at radius 3 is 2.49 bits per heavy atom. The van der Waals surface area contributed by atoms with Crippen molar-refractivity contribution in [1.82, 2.24) is 14.5 Å². The molecule has 3 heterocycles. The molecule has 3 aromatic rings. The molecule has 1 N–H and O–H groups in total. The van der Waals surface area contributed by atoms with E-state index in [9.17, 15) is 18.6 Å². The van der Waals surface area contributed by atoms with E-state index in [0.29, 0.717) is 47.2 Å². The highest BCUT2D eigenvalue weighted by atomic mass is 32.2. The van der Waals surface area contributed by atoms with Crippen molar-refractivity contribution in [3.63, 3.8) is 0 Å². The predicted molar refractivity (Wildman–Crippen MR) is 168 cm³/mol. The molecule has 1 aliphatic carbocycles. The summed E-state index contributed by atoms with van der Waals surface area (Å²) in [7, 11) is -0.981. The number of hydrogen-bond donors (Lipinski definition) is 1. The largest absolute Gasteiger partial charge is 0.496 e. The normalized spacial score (nSPS) is 17.2. The fourth-order valence-electron chi connectivity index (χ4n) is 5.32. The van der Waals surface area contributed by atoms with E-state index >= 15 is 0 Å². The van der Waals surface area contributed by atoms with E-state index in [1.807, 2.05) is 24.3 Å². The van der Waals surface area contributed by atoms with Gasteiger partial charge in [-0.15, -0.1) is 0 Å². The van der Waals surface area contributed by atoms with Crippen LogP contribution < -0.4 is 21.3 Å². The lowest BCUT2D eigenvalue weighted by Crippen LogP contribution is -2.56. The molecule has 11 nitrogen and oxygen atoms in total. The lowest BCUT2D eigenvalue weighted by atomic mass is 10.0. The van der Waals surface area contributed by atoms with Crippen LogP contribution >= 0.6 is 11.3 Å². The summed E-state index contributed by atoms with van der Waals surface area (Å²) in [5, 5.41) is 3.62. The number of aromatic nitrogens is 2. The van der Waals surface area contributed by atoms with Gasteiger partial charge in [0.15, 0.2) is 0 Å². The smallest absolute Gasteiger partial charge is 0.333 e. The van der Waals surface area contributed by atoms with Crippen molar-refractivity contribution in [2.45, 2.75) is 76.8 Å². The standard InChI is InChI=1S/C30H40N4O7S2/c1-18-24-26(35)34(30(2,3)28(36)31-19-11-12-19)29(37)33(27(24)42-25(18)32-43(5,6)38)17-23(41-20-13-15-40-16-14-20)21-9-7-8-10-22(21)39-4/h7-10,19-20,23H,11-17H2,1-6H3,(H,31,36)/t23-/m0/s1. The number of carbonyl (C=O) groups is 1. The van der Waals surface area contributed by atoms with Crippen LogP contribution in [0.2, 0.25) is 0 Å². The van der Waals surface area contributed by atoms with E-state index in [4.69, 9.17) is 14.2 Å². The Morgan fingerprint density at radius 1 is 1.19 bits per heavy atom. The Hall–Kier alpha value is -3.00. The summed E-state index contributed by atoms with van der Waals surface area (Å²) in [4.78, 5) is 42.4. The number of fused-ring (bicyclic) bond motifs is 1. The summed E-state index contributed by atoms with van der Waals surface area (Å²) in [5.41, 5.74) is -1.43. The zero-order valence-electron chi connectivity index (χ0n) is 25.5. The minimum absolute atomic E-state index is 0.0423. The van der Waals surface area contributed by atoms with E-state index in [2.05, 4.69) is 9.68 Å². The molecule has 1 saturated heterocycles. The highest BCUT2D eigenvalue weighted by molar-refractivity contribution is 7.92. The number of rotatable bonds is 10. The quantitative estimate of drug-likeness (QED) is 0.359. The van der Waals surface area contributed by atoms with Crippen LogP contribution in [0.15, 0.2) is 38.2 Å². The third-order valence-electron chi connectivity index (χ3n) is 7.88. The molecule has 13 heteroatoms. The van der Waals surface area contributed by atoms with E-state index in [1.165, 1.54) is 17.1 Å². The average molecular weight is 633 g/mol. The number of benzene rings is 1. The van der Waals surface area contributed by atoms with E-state index < -0.39 is 38.5 Å². The van der Waals surface area contributed by atoms with E-state index in [0.717, 1.165) is 34.3 Å². The number of amides is 1. The molecule has 0 bridgehead atoms. The molecule has 2 fully saturated rings. The summed E-state index contributed by atoms with van der Waals surface area (Å²) < 4.78 is 37.5. The molecule has 1 atom stereocenters. The van der Waals surface area contributed by atoms with Gasteiger partial charge < -0.3 is 19.5 Å². The van der Waals surface area contributed by atoms with Crippen molar-refractivity contribution >= 4 is 42.2 Å². The molecule has 2 aromatic heterocycles. The monoisotopic (exact) mass is 632 g/mol. The first kappa shape index (κ1) is 31.4. The van der Waals surface area contributed by atoms with Crippen LogP contribution in [0.4, 0.5) is 5.00 Å². The van der Waals surface area contributed by atoms with Gasteiger partial charge in [0.2, 0.25) is 5.91 Å². The van der Waals surface area contributed by atoms with Crippen LogP contribution in [-0.2, 0) is 36.1 Å². The Labute approximate surface area is 255 Å². The van der Waals surface area contributed by atoms with Gasteiger partial charge in [0, 0.05) is 52.6 Å². The first-order valence-electron chi connectivity index (χ1n) is 14.5. The zero-order valence-corrected chi connectivity index (χ0v) is 27.1. The maximum absolute atomic E-state index is 14.4. The van der Waals surface area contributed by atoms with Crippen LogP contribution in [0.5, 0.6) is 5.75 Å². The Morgan fingerprint density at radius 2 is 1.86 bits per heavy atom. The topological polar surface area (TPSA) is 130 Å². The van der Waals surface area contributed by atoms with Crippen molar-refractivity contribution in [3.8, 4) is 5.75 Å². The number of nitrogens with one attached hydrogen (secondary N) is 1. The van der Waals surface area contributed by atoms with Gasteiger partial charge in [0.1, 0.15) is 27.2 Å². The molecule has 1 aliphatic heterocycles. The summed E-state index contributed by atoms with van der Waals surface area (Å²) in [6.07, 6.45) is 5.44. The van der Waals surface area contributed by atoms with Gasteiger partial charge >= 0.3 is 5.69 Å². The molecular weight excluding hydrogens is 592 g/mol. The van der Waals surface area contributed by atoms with Crippen LogP contribution in [0.1, 0.15) is 56.8 Å². The molecule has 1 saturated carbocycles.